The second kappa shape index (κ2) is 5.67. The Morgan fingerprint density at radius 3 is 2.27 bits per heavy atom. The minimum atomic E-state index is -0.982. The first-order chi connectivity index (χ1) is 7.19. The number of hydrazine groups is 1. The number of benzene rings is 1. The van der Waals surface area contributed by atoms with Crippen molar-refractivity contribution in [2.45, 2.75) is 18.6 Å². The number of hydrogen-bond donors (Lipinski definition) is 5. The molecule has 15 heavy (non-hydrogen) atoms. The summed E-state index contributed by atoms with van der Waals surface area (Å²) in [4.78, 5) is 0. The Kier molecular flexibility index (Phi) is 4.51. The van der Waals surface area contributed by atoms with E-state index >= 15 is 0 Å². The van der Waals surface area contributed by atoms with Crippen LogP contribution in [0.25, 0.3) is 0 Å². The second-order valence-corrected chi connectivity index (χ2v) is 3.29. The standard InChI is InChI=1S/C10H16N2O3/c11-12-8-3-1-7(2-4-8)10(15)9(14)5-6-13/h1-4,9-10,12-15H,5-6,11H2. The van der Waals surface area contributed by atoms with E-state index in [1.807, 2.05) is 0 Å². The van der Waals surface area contributed by atoms with E-state index in [0.717, 1.165) is 5.69 Å². The fourth-order valence-electron chi connectivity index (χ4n) is 1.29. The highest BCUT2D eigenvalue weighted by Gasteiger charge is 2.17. The van der Waals surface area contributed by atoms with Gasteiger partial charge in [-0.25, -0.2) is 0 Å². The van der Waals surface area contributed by atoms with Crippen LogP contribution in [0.3, 0.4) is 0 Å². The van der Waals surface area contributed by atoms with Crippen LogP contribution in [0.15, 0.2) is 24.3 Å². The molecule has 2 unspecified atom stereocenters. The van der Waals surface area contributed by atoms with Crippen LogP contribution in [0.2, 0.25) is 0 Å². The number of nitrogens with two attached hydrogens (primary N) is 1. The molecule has 0 aliphatic rings. The molecule has 0 aliphatic carbocycles. The quantitative estimate of drug-likeness (QED) is 0.342. The van der Waals surface area contributed by atoms with E-state index < -0.39 is 12.2 Å². The first-order valence-corrected chi connectivity index (χ1v) is 4.72. The molecule has 0 heterocycles. The largest absolute Gasteiger partial charge is 0.396 e. The van der Waals surface area contributed by atoms with Crippen molar-refractivity contribution >= 4 is 5.69 Å². The van der Waals surface area contributed by atoms with Gasteiger partial charge in [0.25, 0.3) is 0 Å². The average Bonchev–Trinajstić information content (AvgIpc) is 2.28. The fraction of sp³-hybridized carbons (Fsp3) is 0.400. The zero-order valence-corrected chi connectivity index (χ0v) is 8.30. The molecule has 1 aromatic carbocycles. The van der Waals surface area contributed by atoms with E-state index in [4.69, 9.17) is 10.9 Å². The van der Waals surface area contributed by atoms with Crippen molar-refractivity contribution in [3.8, 4) is 0 Å². The van der Waals surface area contributed by atoms with E-state index in [-0.39, 0.29) is 13.0 Å². The van der Waals surface area contributed by atoms with Crippen molar-refractivity contribution in [2.24, 2.45) is 5.84 Å². The number of anilines is 1. The Hall–Kier alpha value is -1.14. The topological polar surface area (TPSA) is 98.7 Å². The monoisotopic (exact) mass is 212 g/mol. The van der Waals surface area contributed by atoms with Gasteiger partial charge in [-0.3, -0.25) is 5.84 Å². The van der Waals surface area contributed by atoms with Crippen LogP contribution >= 0.6 is 0 Å². The summed E-state index contributed by atoms with van der Waals surface area (Å²) in [6, 6.07) is 6.73. The number of nitrogens with one attached hydrogen (secondary N) is 1. The van der Waals surface area contributed by atoms with Crippen LogP contribution in [-0.4, -0.2) is 28.0 Å². The normalized spacial score (nSPS) is 14.7. The molecule has 0 radical (unpaired) electrons. The molecule has 5 nitrogen and oxygen atoms in total. The number of rotatable bonds is 5. The lowest BCUT2D eigenvalue weighted by molar-refractivity contribution is 0.00422. The molecule has 0 spiro atoms. The predicted octanol–water partition coefficient (Wildman–Crippen LogP) is -0.251. The Labute approximate surface area is 88.1 Å². The minimum absolute atomic E-state index is 0.151. The molecule has 6 N–H and O–H groups in total. The van der Waals surface area contributed by atoms with Gasteiger partial charge in [-0.05, 0) is 24.1 Å². The van der Waals surface area contributed by atoms with Crippen LogP contribution in [0.4, 0.5) is 5.69 Å². The zero-order valence-electron chi connectivity index (χ0n) is 8.30. The maximum atomic E-state index is 9.67. The third-order valence-corrected chi connectivity index (χ3v) is 2.21. The summed E-state index contributed by atoms with van der Waals surface area (Å²) >= 11 is 0. The third kappa shape index (κ3) is 3.17. The van der Waals surface area contributed by atoms with Gasteiger partial charge < -0.3 is 20.7 Å². The predicted molar refractivity (Wildman–Crippen MR) is 56.9 cm³/mol. The minimum Gasteiger partial charge on any atom is -0.396 e. The van der Waals surface area contributed by atoms with Gasteiger partial charge in [0.2, 0.25) is 0 Å². The molecule has 0 aliphatic heterocycles. The van der Waals surface area contributed by atoms with E-state index in [1.165, 1.54) is 0 Å². The van der Waals surface area contributed by atoms with Crippen molar-refractivity contribution in [1.82, 2.24) is 0 Å². The maximum absolute atomic E-state index is 9.67. The Balaban J connectivity index is 2.69. The molecule has 0 amide bonds. The van der Waals surface area contributed by atoms with E-state index in [0.29, 0.717) is 5.56 Å². The molecule has 84 valence electrons. The van der Waals surface area contributed by atoms with Crippen LogP contribution < -0.4 is 11.3 Å². The van der Waals surface area contributed by atoms with Crippen molar-refractivity contribution in [3.05, 3.63) is 29.8 Å². The Morgan fingerprint density at radius 2 is 1.80 bits per heavy atom. The molecule has 5 heteroatoms. The molecule has 0 saturated heterocycles. The highest BCUT2D eigenvalue weighted by atomic mass is 16.3. The Morgan fingerprint density at radius 1 is 1.20 bits per heavy atom. The number of aliphatic hydroxyl groups excluding tert-OH is 3. The van der Waals surface area contributed by atoms with Gasteiger partial charge in [0.15, 0.2) is 0 Å². The van der Waals surface area contributed by atoms with Gasteiger partial charge in [0, 0.05) is 12.3 Å². The summed E-state index contributed by atoms with van der Waals surface area (Å²) < 4.78 is 0. The summed E-state index contributed by atoms with van der Waals surface area (Å²) in [5.41, 5.74) is 3.78. The smallest absolute Gasteiger partial charge is 0.105 e. The number of hydrogen-bond acceptors (Lipinski definition) is 5. The molecule has 0 aromatic heterocycles. The lowest BCUT2D eigenvalue weighted by Crippen LogP contribution is -2.19. The van der Waals surface area contributed by atoms with Crippen LogP contribution in [0.5, 0.6) is 0 Å². The van der Waals surface area contributed by atoms with Gasteiger partial charge in [0.05, 0.1) is 6.10 Å². The molecule has 1 rings (SSSR count). The van der Waals surface area contributed by atoms with Gasteiger partial charge in [-0.1, -0.05) is 12.1 Å². The average molecular weight is 212 g/mol. The van der Waals surface area contributed by atoms with E-state index in [1.54, 1.807) is 24.3 Å². The number of nitrogen functional groups attached to an aromatic ring is 1. The van der Waals surface area contributed by atoms with E-state index in [2.05, 4.69) is 5.43 Å². The van der Waals surface area contributed by atoms with E-state index in [9.17, 15) is 10.2 Å². The molecular formula is C10H16N2O3. The van der Waals surface area contributed by atoms with Gasteiger partial charge in [-0.2, -0.15) is 0 Å². The summed E-state index contributed by atoms with van der Waals surface area (Å²) in [6.45, 7) is -0.152. The van der Waals surface area contributed by atoms with Crippen LogP contribution in [0.1, 0.15) is 18.1 Å². The highest BCUT2D eigenvalue weighted by molar-refractivity contribution is 5.43. The summed E-state index contributed by atoms with van der Waals surface area (Å²) in [5, 5.41) is 27.7. The first kappa shape index (κ1) is 11.9. The lowest BCUT2D eigenvalue weighted by Gasteiger charge is -2.17. The molecule has 0 bridgehead atoms. The third-order valence-electron chi connectivity index (χ3n) is 2.21. The van der Waals surface area contributed by atoms with Crippen LogP contribution in [-0.2, 0) is 0 Å². The molecule has 0 saturated carbocycles. The van der Waals surface area contributed by atoms with Gasteiger partial charge in [0.1, 0.15) is 6.10 Å². The maximum Gasteiger partial charge on any atom is 0.105 e. The molecule has 1 aromatic rings. The number of aliphatic hydroxyl groups is 3. The van der Waals surface area contributed by atoms with Gasteiger partial charge in [-0.15, -0.1) is 0 Å². The van der Waals surface area contributed by atoms with Crippen LogP contribution in [0, 0.1) is 0 Å². The lowest BCUT2D eigenvalue weighted by atomic mass is 10.0. The highest BCUT2D eigenvalue weighted by Crippen LogP contribution is 2.20. The van der Waals surface area contributed by atoms with Crippen molar-refractivity contribution in [3.63, 3.8) is 0 Å². The van der Waals surface area contributed by atoms with Gasteiger partial charge >= 0.3 is 0 Å². The molecule has 2 atom stereocenters. The fourth-order valence-corrected chi connectivity index (χ4v) is 1.29. The first-order valence-electron chi connectivity index (χ1n) is 4.72. The van der Waals surface area contributed by atoms with Crippen molar-refractivity contribution in [1.29, 1.82) is 0 Å². The SMILES string of the molecule is NNc1ccc(C(O)C(O)CCO)cc1. The summed E-state index contributed by atoms with van der Waals surface area (Å²) in [7, 11) is 0. The van der Waals surface area contributed by atoms with Crippen molar-refractivity contribution < 1.29 is 15.3 Å². The summed E-state index contributed by atoms with van der Waals surface area (Å²) in [6.07, 6.45) is -1.78. The Bertz CT molecular complexity index is 289. The molecular weight excluding hydrogens is 196 g/mol. The molecule has 0 fully saturated rings. The second-order valence-electron chi connectivity index (χ2n) is 3.29. The summed E-state index contributed by atoms with van der Waals surface area (Å²) in [5.74, 6) is 5.19. The van der Waals surface area contributed by atoms with Crippen molar-refractivity contribution in [2.75, 3.05) is 12.0 Å². The zero-order chi connectivity index (χ0) is 11.3.